The Morgan fingerprint density at radius 3 is 2.35 bits per heavy atom. The molecule has 3 N–H and O–H groups in total. The second-order valence-electron chi connectivity index (χ2n) is 18.0. The smallest absolute Gasteiger partial charge is 0.330 e. The Morgan fingerprint density at radius 2 is 1.68 bits per heavy atom. The molecule has 0 saturated carbocycles. The second kappa shape index (κ2) is 23.8. The summed E-state index contributed by atoms with van der Waals surface area (Å²) in [6.45, 7) is 10.8. The molecule has 15 heteroatoms. The van der Waals surface area contributed by atoms with Gasteiger partial charge in [-0.2, -0.15) is 0 Å². The van der Waals surface area contributed by atoms with E-state index >= 15 is 0 Å². The van der Waals surface area contributed by atoms with Gasteiger partial charge in [-0.05, 0) is 43.4 Å². The first kappa shape index (κ1) is 50.9. The summed E-state index contributed by atoms with van der Waals surface area (Å²) in [4.78, 5) is 53.3. The number of carbonyl (C=O) groups excluding carboxylic acids is 4. The fraction of sp³-hybridized carbons (Fsp3) is 0.702. The third kappa shape index (κ3) is 15.0. The lowest BCUT2D eigenvalue weighted by Crippen LogP contribution is -2.62. The Hall–Kier alpha value is -3.70. The number of rotatable bonds is 14. The number of fused-ring (bicyclic) bond motifs is 4. The van der Waals surface area contributed by atoms with Crippen molar-refractivity contribution in [2.24, 2.45) is 10.8 Å². The molecule has 0 aromatic heterocycles. The predicted molar refractivity (Wildman–Crippen MR) is 226 cm³/mol. The van der Waals surface area contributed by atoms with Gasteiger partial charge in [-0.15, -0.1) is 0 Å². The molecule has 4 bridgehead atoms. The highest BCUT2D eigenvalue weighted by Gasteiger charge is 2.58. The molecular formula is C47H70O15. The first-order valence-electron chi connectivity index (χ1n) is 22.1. The van der Waals surface area contributed by atoms with Crippen molar-refractivity contribution in [1.82, 2.24) is 0 Å². The predicted octanol–water partition coefficient (Wildman–Crippen LogP) is 5.93. The van der Waals surface area contributed by atoms with Gasteiger partial charge in [0.25, 0.3) is 0 Å². The zero-order valence-corrected chi connectivity index (χ0v) is 37.6. The number of esters is 4. The van der Waals surface area contributed by atoms with Gasteiger partial charge in [0.2, 0.25) is 5.79 Å². The third-order valence-electron chi connectivity index (χ3n) is 11.9. The average molecular weight is 875 g/mol. The van der Waals surface area contributed by atoms with Crippen LogP contribution in [0.25, 0.3) is 0 Å². The molecule has 4 rings (SSSR count). The number of aliphatic hydroxyl groups is 3. The summed E-state index contributed by atoms with van der Waals surface area (Å²) < 4.78 is 48.0. The summed E-state index contributed by atoms with van der Waals surface area (Å²) in [5.41, 5.74) is -1.21. The minimum Gasteiger partial charge on any atom is -0.466 e. The monoisotopic (exact) mass is 874 g/mol. The number of aliphatic hydroxyl groups excluding tert-OH is 2. The van der Waals surface area contributed by atoms with Crippen LogP contribution in [0.4, 0.5) is 0 Å². The highest BCUT2D eigenvalue weighted by molar-refractivity contribution is 5.83. The highest BCUT2D eigenvalue weighted by atomic mass is 16.7. The van der Waals surface area contributed by atoms with Crippen molar-refractivity contribution in [3.63, 3.8) is 0 Å². The Kier molecular flexibility index (Phi) is 19.6. The number of cyclic esters (lactones) is 2. The van der Waals surface area contributed by atoms with Crippen molar-refractivity contribution in [3.05, 3.63) is 59.7 Å². The van der Waals surface area contributed by atoms with Gasteiger partial charge in [-0.3, -0.25) is 14.4 Å². The Balaban J connectivity index is 1.78. The van der Waals surface area contributed by atoms with Crippen molar-refractivity contribution < 1.29 is 72.4 Å². The van der Waals surface area contributed by atoms with Crippen LogP contribution in [0.2, 0.25) is 0 Å². The molecule has 2 saturated heterocycles. The van der Waals surface area contributed by atoms with Crippen LogP contribution in [-0.2, 0) is 63.7 Å². The highest BCUT2D eigenvalue weighted by Crippen LogP contribution is 2.47. The number of methoxy groups -OCH3 is 1. The third-order valence-corrected chi connectivity index (χ3v) is 11.9. The summed E-state index contributed by atoms with van der Waals surface area (Å²) in [6, 6.07) is 9.38. The van der Waals surface area contributed by atoms with Crippen molar-refractivity contribution >= 4 is 23.9 Å². The van der Waals surface area contributed by atoms with Crippen LogP contribution in [0.15, 0.2) is 54.1 Å². The lowest BCUT2D eigenvalue weighted by molar-refractivity contribution is -0.328. The van der Waals surface area contributed by atoms with Crippen molar-refractivity contribution in [2.45, 2.75) is 180 Å². The zero-order chi connectivity index (χ0) is 45.5. The average Bonchev–Trinajstić information content (AvgIpc) is 3.22. The van der Waals surface area contributed by atoms with Crippen LogP contribution in [0.1, 0.15) is 124 Å². The van der Waals surface area contributed by atoms with Gasteiger partial charge < -0.3 is 53.2 Å². The molecule has 1 aromatic rings. The minimum atomic E-state index is -2.33. The van der Waals surface area contributed by atoms with E-state index in [2.05, 4.69) is 6.92 Å². The van der Waals surface area contributed by atoms with Crippen LogP contribution >= 0.6 is 0 Å². The maximum atomic E-state index is 13.6. The molecule has 3 heterocycles. The van der Waals surface area contributed by atoms with Gasteiger partial charge in [0, 0.05) is 36.2 Å². The normalized spacial score (nSPS) is 30.6. The van der Waals surface area contributed by atoms with E-state index in [1.165, 1.54) is 13.2 Å². The molecule has 348 valence electrons. The van der Waals surface area contributed by atoms with Gasteiger partial charge >= 0.3 is 23.9 Å². The molecule has 0 amide bonds. The quantitative estimate of drug-likeness (QED) is 0.0652. The number of carbonyl (C=O) groups is 4. The van der Waals surface area contributed by atoms with Gasteiger partial charge in [0.05, 0.1) is 64.2 Å². The zero-order valence-electron chi connectivity index (χ0n) is 37.6. The fourth-order valence-corrected chi connectivity index (χ4v) is 7.74. The number of hydrogen-bond donors (Lipinski definition) is 3. The molecule has 0 radical (unpaired) electrons. The molecule has 15 nitrogen and oxygen atoms in total. The first-order valence-corrected chi connectivity index (χ1v) is 22.1. The van der Waals surface area contributed by atoms with Crippen LogP contribution in [-0.4, -0.2) is 114 Å². The van der Waals surface area contributed by atoms with Crippen LogP contribution < -0.4 is 0 Å². The van der Waals surface area contributed by atoms with Gasteiger partial charge in [0.1, 0.15) is 12.2 Å². The summed E-state index contributed by atoms with van der Waals surface area (Å²) in [5, 5.41) is 34.2. The van der Waals surface area contributed by atoms with Gasteiger partial charge in [-0.1, -0.05) is 96.7 Å². The maximum absolute atomic E-state index is 13.6. The van der Waals surface area contributed by atoms with Crippen LogP contribution in [0, 0.1) is 10.8 Å². The van der Waals surface area contributed by atoms with E-state index in [1.54, 1.807) is 46.8 Å². The summed E-state index contributed by atoms with van der Waals surface area (Å²) >= 11 is 0. The van der Waals surface area contributed by atoms with Crippen LogP contribution in [0.3, 0.4) is 0 Å². The molecule has 3 aliphatic heterocycles. The summed E-state index contributed by atoms with van der Waals surface area (Å²) in [6.07, 6.45) is 0.421. The molecule has 9 atom stereocenters. The van der Waals surface area contributed by atoms with Crippen molar-refractivity contribution in [3.8, 4) is 0 Å². The topological polar surface area (TPSA) is 203 Å². The molecule has 3 aliphatic rings. The van der Waals surface area contributed by atoms with Gasteiger partial charge in [0.15, 0.2) is 12.4 Å². The van der Waals surface area contributed by atoms with E-state index in [4.69, 9.17) is 37.9 Å². The van der Waals surface area contributed by atoms with Crippen molar-refractivity contribution in [1.29, 1.82) is 0 Å². The minimum absolute atomic E-state index is 0.0402. The Morgan fingerprint density at radius 1 is 0.984 bits per heavy atom. The Labute approximate surface area is 366 Å². The Bertz CT molecular complexity index is 1660. The SMILES string of the molecule is CCCCCCCC(=O)O[C@H]1/C(=C/C(=O)OC)C[C@H]2CC([C@@H](C)OCc3ccccc3)OC(=O)C[C@H](O)CC(=O)O[C@H](C(C)(C)CO)C[C@@H]3CCO[C@H](/C=C/C(C)(C)[C@]1(O)O2)O3. The number of ether oxygens (including phenoxy) is 8. The molecule has 1 unspecified atom stereocenters. The summed E-state index contributed by atoms with van der Waals surface area (Å²) in [7, 11) is 1.21. The maximum Gasteiger partial charge on any atom is 0.330 e. The van der Waals surface area contributed by atoms with Crippen LogP contribution in [0.5, 0.6) is 0 Å². The molecule has 0 aliphatic carbocycles. The summed E-state index contributed by atoms with van der Waals surface area (Å²) in [5.74, 6) is -5.26. The molecule has 1 aromatic carbocycles. The number of unbranched alkanes of at least 4 members (excludes halogenated alkanes) is 4. The molecule has 62 heavy (non-hydrogen) atoms. The van der Waals surface area contributed by atoms with E-state index in [9.17, 15) is 34.5 Å². The largest absolute Gasteiger partial charge is 0.466 e. The van der Waals surface area contributed by atoms with Gasteiger partial charge in [-0.25, -0.2) is 4.79 Å². The van der Waals surface area contributed by atoms with E-state index in [1.807, 2.05) is 30.3 Å². The lowest BCUT2D eigenvalue weighted by Gasteiger charge is -2.51. The first-order chi connectivity index (χ1) is 29.4. The number of benzene rings is 1. The lowest BCUT2D eigenvalue weighted by atomic mass is 9.74. The molecule has 2 fully saturated rings. The number of hydrogen-bond acceptors (Lipinski definition) is 15. The van der Waals surface area contributed by atoms with E-state index < -0.39 is 102 Å². The van der Waals surface area contributed by atoms with Crippen molar-refractivity contribution in [2.75, 3.05) is 20.3 Å². The fourth-order valence-electron chi connectivity index (χ4n) is 7.74. The van der Waals surface area contributed by atoms with E-state index in [0.29, 0.717) is 12.8 Å². The standard InChI is InChI=1S/C47H70O15/c1-8-9-10-11-15-18-39(50)61-44-33(24-40(51)55-7)23-36-27-37(31(2)57-29-32-16-13-12-14-17-32)59-41(52)25-34(49)26-42(53)60-38(45(3,4)30-48)28-35-20-22-56-43(58-35)19-21-46(5,6)47(44,54)62-36/h12-14,16-17,19,21,24,31,34-38,43-44,48-49,54H,8-11,15,18,20,22-23,25-30H2,1-7H3/b21-19+,33-24+/t31-,34+,35+,36+,37?,38+,43+,44+,47-/m1/s1. The molecule has 0 spiro atoms. The molecular weight excluding hydrogens is 805 g/mol. The van der Waals surface area contributed by atoms with E-state index in [0.717, 1.165) is 31.2 Å². The second-order valence-corrected chi connectivity index (χ2v) is 18.0. The van der Waals surface area contributed by atoms with E-state index in [-0.39, 0.29) is 51.1 Å².